The summed E-state index contributed by atoms with van der Waals surface area (Å²) in [6.45, 7) is 7.09. The highest BCUT2D eigenvalue weighted by molar-refractivity contribution is 5.89. The van der Waals surface area contributed by atoms with Crippen LogP contribution in [0.3, 0.4) is 0 Å². The topological polar surface area (TPSA) is 108 Å². The van der Waals surface area contributed by atoms with E-state index in [9.17, 15) is 14.4 Å². The van der Waals surface area contributed by atoms with E-state index < -0.39 is 17.2 Å². The second-order valence-electron chi connectivity index (χ2n) is 6.74. The summed E-state index contributed by atoms with van der Waals surface area (Å²) in [5, 5.41) is 0. The van der Waals surface area contributed by atoms with Gasteiger partial charge in [0.05, 0.1) is 12.2 Å². The number of carbonyl (C=O) groups excluding carboxylic acids is 1. The molecule has 0 aliphatic rings. The third-order valence-electron chi connectivity index (χ3n) is 4.75. The van der Waals surface area contributed by atoms with E-state index in [1.165, 1.54) is 4.57 Å². The van der Waals surface area contributed by atoms with Gasteiger partial charge in [-0.1, -0.05) is 13.3 Å². The smallest absolute Gasteiger partial charge is 0.338 e. The molecule has 0 aliphatic heterocycles. The Bertz CT molecular complexity index is 1140. The normalized spacial score (nSPS) is 11.0. The van der Waals surface area contributed by atoms with Gasteiger partial charge in [0.1, 0.15) is 18.2 Å². The maximum atomic E-state index is 12.4. The van der Waals surface area contributed by atoms with Crippen LogP contribution in [0.15, 0.2) is 33.9 Å². The van der Waals surface area contributed by atoms with E-state index in [1.54, 1.807) is 28.8 Å². The number of aryl methyl sites for hydroxylation is 2. The number of carbonyl (C=O) groups is 1. The molecule has 2 aromatic heterocycles. The van der Waals surface area contributed by atoms with Gasteiger partial charge in [0.25, 0.3) is 5.56 Å². The standard InChI is InChI=1S/C21H26N4O5/c1-4-7-12-25-18-17(19(26)23-21(25)28)24(5-2)16(22-18)13-30-20(27)14-8-10-15(11-9-14)29-6-3/h8-11H,4-7,12-13H2,1-3H3,(H,23,26,28). The minimum Gasteiger partial charge on any atom is -0.494 e. The second-order valence-corrected chi connectivity index (χ2v) is 6.74. The van der Waals surface area contributed by atoms with Crippen molar-refractivity contribution in [2.75, 3.05) is 6.61 Å². The molecule has 0 fully saturated rings. The number of aromatic nitrogens is 4. The van der Waals surface area contributed by atoms with Gasteiger partial charge in [-0.25, -0.2) is 14.6 Å². The van der Waals surface area contributed by atoms with Gasteiger partial charge in [-0.3, -0.25) is 14.3 Å². The van der Waals surface area contributed by atoms with Crippen molar-refractivity contribution in [2.24, 2.45) is 0 Å². The van der Waals surface area contributed by atoms with E-state index in [-0.39, 0.29) is 6.61 Å². The highest BCUT2D eigenvalue weighted by Gasteiger charge is 2.19. The maximum Gasteiger partial charge on any atom is 0.338 e. The molecule has 30 heavy (non-hydrogen) atoms. The van der Waals surface area contributed by atoms with Crippen molar-refractivity contribution in [1.29, 1.82) is 0 Å². The lowest BCUT2D eigenvalue weighted by atomic mass is 10.2. The van der Waals surface area contributed by atoms with Crippen LogP contribution in [0.4, 0.5) is 0 Å². The number of hydrogen-bond acceptors (Lipinski definition) is 6. The van der Waals surface area contributed by atoms with Crippen LogP contribution < -0.4 is 16.0 Å². The van der Waals surface area contributed by atoms with Gasteiger partial charge < -0.3 is 14.0 Å². The third kappa shape index (κ3) is 4.29. The van der Waals surface area contributed by atoms with Crippen molar-refractivity contribution in [3.8, 4) is 5.75 Å². The molecule has 0 atom stereocenters. The molecule has 0 bridgehead atoms. The molecular weight excluding hydrogens is 388 g/mol. The average molecular weight is 414 g/mol. The number of rotatable bonds is 9. The number of unbranched alkanes of at least 4 members (excludes halogenated alkanes) is 1. The summed E-state index contributed by atoms with van der Waals surface area (Å²) >= 11 is 0. The van der Waals surface area contributed by atoms with Crippen LogP contribution in [-0.4, -0.2) is 31.7 Å². The van der Waals surface area contributed by atoms with Crippen LogP contribution in [-0.2, 0) is 24.4 Å². The molecule has 2 heterocycles. The van der Waals surface area contributed by atoms with Gasteiger partial charge >= 0.3 is 11.7 Å². The predicted octanol–water partition coefficient (Wildman–Crippen LogP) is 2.46. The molecule has 9 heteroatoms. The van der Waals surface area contributed by atoms with Crippen molar-refractivity contribution >= 4 is 17.1 Å². The Morgan fingerprint density at radius 2 is 1.83 bits per heavy atom. The van der Waals surface area contributed by atoms with E-state index in [0.717, 1.165) is 12.8 Å². The Morgan fingerprint density at radius 1 is 1.10 bits per heavy atom. The van der Waals surface area contributed by atoms with Crippen molar-refractivity contribution < 1.29 is 14.3 Å². The van der Waals surface area contributed by atoms with Crippen LogP contribution in [0.1, 0.15) is 49.8 Å². The summed E-state index contributed by atoms with van der Waals surface area (Å²) in [7, 11) is 0. The second kappa shape index (κ2) is 9.43. The first-order chi connectivity index (χ1) is 14.5. The van der Waals surface area contributed by atoms with E-state index in [4.69, 9.17) is 9.47 Å². The van der Waals surface area contributed by atoms with Crippen LogP contribution >= 0.6 is 0 Å². The molecule has 160 valence electrons. The number of H-pyrrole nitrogens is 1. The average Bonchev–Trinajstić information content (AvgIpc) is 3.11. The molecule has 1 aromatic carbocycles. The minimum absolute atomic E-state index is 0.115. The first kappa shape index (κ1) is 21.4. The summed E-state index contributed by atoms with van der Waals surface area (Å²) in [5.41, 5.74) is 0.0163. The number of hydrogen-bond donors (Lipinski definition) is 1. The lowest BCUT2D eigenvalue weighted by molar-refractivity contribution is 0.0458. The number of nitrogens with one attached hydrogen (secondary N) is 1. The maximum absolute atomic E-state index is 12.4. The molecule has 9 nitrogen and oxygen atoms in total. The first-order valence-corrected chi connectivity index (χ1v) is 10.1. The fourth-order valence-corrected chi connectivity index (χ4v) is 3.26. The highest BCUT2D eigenvalue weighted by atomic mass is 16.5. The van der Waals surface area contributed by atoms with Gasteiger partial charge in [-0.15, -0.1) is 0 Å². The van der Waals surface area contributed by atoms with E-state index in [2.05, 4.69) is 9.97 Å². The molecule has 3 aromatic rings. The number of imidazole rings is 1. The zero-order valence-corrected chi connectivity index (χ0v) is 17.4. The highest BCUT2D eigenvalue weighted by Crippen LogP contribution is 2.16. The number of ether oxygens (including phenoxy) is 2. The third-order valence-corrected chi connectivity index (χ3v) is 4.75. The predicted molar refractivity (Wildman–Crippen MR) is 112 cm³/mol. The van der Waals surface area contributed by atoms with Crippen molar-refractivity contribution in [2.45, 2.75) is 53.3 Å². The Kier molecular flexibility index (Phi) is 6.71. The van der Waals surface area contributed by atoms with Crippen LogP contribution in [0.25, 0.3) is 11.2 Å². The molecule has 0 unspecified atom stereocenters. The quantitative estimate of drug-likeness (QED) is 0.539. The number of esters is 1. The van der Waals surface area contributed by atoms with Crippen molar-refractivity contribution in [3.05, 3.63) is 56.5 Å². The molecule has 0 spiro atoms. The summed E-state index contributed by atoms with van der Waals surface area (Å²) in [5.74, 6) is 0.573. The summed E-state index contributed by atoms with van der Waals surface area (Å²) in [6, 6.07) is 6.66. The molecule has 0 saturated heterocycles. The Morgan fingerprint density at radius 3 is 2.47 bits per heavy atom. The molecule has 0 saturated carbocycles. The van der Waals surface area contributed by atoms with E-state index in [1.807, 2.05) is 20.8 Å². The number of aromatic amines is 1. The van der Waals surface area contributed by atoms with Gasteiger partial charge in [0.15, 0.2) is 11.2 Å². The number of nitrogens with zero attached hydrogens (tertiary/aromatic N) is 3. The molecule has 3 rings (SSSR count). The number of fused-ring (bicyclic) bond motifs is 1. The molecule has 0 aliphatic carbocycles. The van der Waals surface area contributed by atoms with Crippen LogP contribution in [0.2, 0.25) is 0 Å². The molecular formula is C21H26N4O5. The summed E-state index contributed by atoms with van der Waals surface area (Å²) in [4.78, 5) is 43.9. The summed E-state index contributed by atoms with van der Waals surface area (Å²) < 4.78 is 13.9. The minimum atomic E-state index is -0.509. The summed E-state index contributed by atoms with van der Waals surface area (Å²) in [6.07, 6.45) is 1.68. The lowest BCUT2D eigenvalue weighted by Crippen LogP contribution is -2.31. The van der Waals surface area contributed by atoms with Crippen LogP contribution in [0, 0.1) is 0 Å². The monoisotopic (exact) mass is 414 g/mol. The Hall–Kier alpha value is -3.36. The van der Waals surface area contributed by atoms with Crippen molar-refractivity contribution in [1.82, 2.24) is 19.1 Å². The molecule has 1 N–H and O–H groups in total. The van der Waals surface area contributed by atoms with Gasteiger partial charge in [-0.2, -0.15) is 0 Å². The van der Waals surface area contributed by atoms with Gasteiger partial charge in [0, 0.05) is 13.1 Å². The zero-order valence-electron chi connectivity index (χ0n) is 17.4. The Labute approximate surface area is 173 Å². The fraction of sp³-hybridized carbons (Fsp3) is 0.429. The lowest BCUT2D eigenvalue weighted by Gasteiger charge is -2.08. The van der Waals surface area contributed by atoms with E-state index >= 15 is 0 Å². The first-order valence-electron chi connectivity index (χ1n) is 10.1. The Balaban J connectivity index is 1.88. The fourth-order valence-electron chi connectivity index (χ4n) is 3.26. The van der Waals surface area contributed by atoms with Crippen LogP contribution in [0.5, 0.6) is 5.75 Å². The zero-order chi connectivity index (χ0) is 21.7. The molecule has 0 amide bonds. The SMILES string of the molecule is CCCCn1c(=O)[nH]c(=O)c2c1nc(COC(=O)c1ccc(OCC)cc1)n2CC. The van der Waals surface area contributed by atoms with Gasteiger partial charge in [0.2, 0.25) is 0 Å². The molecule has 0 radical (unpaired) electrons. The number of benzene rings is 1. The van der Waals surface area contributed by atoms with Crippen molar-refractivity contribution in [3.63, 3.8) is 0 Å². The van der Waals surface area contributed by atoms with Gasteiger partial charge in [-0.05, 0) is 44.5 Å². The largest absolute Gasteiger partial charge is 0.494 e. The van der Waals surface area contributed by atoms with E-state index in [0.29, 0.717) is 48.0 Å².